The summed E-state index contributed by atoms with van der Waals surface area (Å²) in [5, 5.41) is 0. The summed E-state index contributed by atoms with van der Waals surface area (Å²) >= 11 is 0. The monoisotopic (exact) mass is 243 g/mol. The van der Waals surface area contributed by atoms with Crippen LogP contribution in [0.3, 0.4) is 0 Å². The van der Waals surface area contributed by atoms with Crippen molar-refractivity contribution < 1.29 is 14.3 Å². The van der Waals surface area contributed by atoms with Gasteiger partial charge in [-0.1, -0.05) is 0 Å². The van der Waals surface area contributed by atoms with E-state index in [1.807, 2.05) is 0 Å². The molecule has 1 atom stereocenters. The molecule has 0 saturated carbocycles. The number of hydrogen-bond donors (Lipinski definition) is 1. The van der Waals surface area contributed by atoms with Crippen LogP contribution in [0.25, 0.3) is 0 Å². The molecule has 98 valence electrons. The topological polar surface area (TPSA) is 75.9 Å². The van der Waals surface area contributed by atoms with E-state index >= 15 is 0 Å². The van der Waals surface area contributed by atoms with E-state index in [4.69, 9.17) is 10.5 Å². The SMILES string of the molecule is CN1C(=O)N(CC(=O)OC(C)(C)C)C[C@@H]1CN. The Hall–Kier alpha value is -1.30. The van der Waals surface area contributed by atoms with Crippen LogP contribution < -0.4 is 5.73 Å². The maximum atomic E-state index is 11.8. The van der Waals surface area contributed by atoms with Crippen molar-refractivity contribution in [2.45, 2.75) is 32.4 Å². The van der Waals surface area contributed by atoms with E-state index in [9.17, 15) is 9.59 Å². The Labute approximate surface area is 102 Å². The van der Waals surface area contributed by atoms with Crippen molar-refractivity contribution in [1.29, 1.82) is 0 Å². The lowest BCUT2D eigenvalue weighted by molar-refractivity contribution is -0.155. The van der Waals surface area contributed by atoms with Crippen molar-refractivity contribution in [3.8, 4) is 0 Å². The van der Waals surface area contributed by atoms with Crippen LogP contribution in [0.1, 0.15) is 20.8 Å². The molecular weight excluding hydrogens is 222 g/mol. The molecule has 1 aliphatic rings. The van der Waals surface area contributed by atoms with Gasteiger partial charge in [0.05, 0.1) is 6.04 Å². The highest BCUT2D eigenvalue weighted by Gasteiger charge is 2.35. The first-order chi connectivity index (χ1) is 7.74. The number of rotatable bonds is 3. The number of amides is 2. The number of likely N-dealkylation sites (N-methyl/N-ethyl adjacent to an activating group) is 1. The molecule has 2 N–H and O–H groups in total. The molecule has 0 unspecified atom stereocenters. The van der Waals surface area contributed by atoms with Crippen LogP contribution in [0, 0.1) is 0 Å². The highest BCUT2D eigenvalue weighted by Crippen LogP contribution is 2.14. The lowest BCUT2D eigenvalue weighted by atomic mass is 10.2. The van der Waals surface area contributed by atoms with Gasteiger partial charge in [0, 0.05) is 20.1 Å². The van der Waals surface area contributed by atoms with Gasteiger partial charge in [-0.3, -0.25) is 4.79 Å². The first kappa shape index (κ1) is 13.8. The lowest BCUT2D eigenvalue weighted by Crippen LogP contribution is -2.37. The van der Waals surface area contributed by atoms with Crippen LogP contribution in [0.5, 0.6) is 0 Å². The summed E-state index contributed by atoms with van der Waals surface area (Å²) in [4.78, 5) is 26.4. The molecule has 1 aliphatic heterocycles. The van der Waals surface area contributed by atoms with E-state index in [2.05, 4.69) is 0 Å². The molecule has 0 aromatic heterocycles. The number of nitrogens with zero attached hydrogens (tertiary/aromatic N) is 2. The summed E-state index contributed by atoms with van der Waals surface area (Å²) in [6.45, 7) is 6.25. The zero-order valence-corrected chi connectivity index (χ0v) is 10.9. The molecule has 17 heavy (non-hydrogen) atoms. The Morgan fingerprint density at radius 3 is 2.53 bits per heavy atom. The van der Waals surface area contributed by atoms with Gasteiger partial charge >= 0.3 is 12.0 Å². The third-order valence-corrected chi connectivity index (χ3v) is 2.56. The third-order valence-electron chi connectivity index (χ3n) is 2.56. The fourth-order valence-electron chi connectivity index (χ4n) is 1.73. The Bertz CT molecular complexity index is 312. The predicted octanol–water partition coefficient (Wildman–Crippen LogP) is 0.0228. The molecule has 6 heteroatoms. The second-order valence-electron chi connectivity index (χ2n) is 5.25. The van der Waals surface area contributed by atoms with Crippen molar-refractivity contribution in [2.75, 3.05) is 26.7 Å². The van der Waals surface area contributed by atoms with Crippen LogP contribution in [-0.2, 0) is 9.53 Å². The first-order valence-electron chi connectivity index (χ1n) is 5.68. The molecule has 1 saturated heterocycles. The Morgan fingerprint density at radius 2 is 2.12 bits per heavy atom. The maximum absolute atomic E-state index is 11.8. The van der Waals surface area contributed by atoms with E-state index in [1.165, 1.54) is 4.90 Å². The van der Waals surface area contributed by atoms with Gasteiger partial charge in [0.1, 0.15) is 12.1 Å². The lowest BCUT2D eigenvalue weighted by Gasteiger charge is -2.22. The van der Waals surface area contributed by atoms with Crippen molar-refractivity contribution in [3.05, 3.63) is 0 Å². The summed E-state index contributed by atoms with van der Waals surface area (Å²) in [5.74, 6) is -0.392. The van der Waals surface area contributed by atoms with E-state index < -0.39 is 11.6 Å². The minimum atomic E-state index is -0.529. The molecule has 0 radical (unpaired) electrons. The van der Waals surface area contributed by atoms with Gasteiger partial charge in [-0.2, -0.15) is 0 Å². The van der Waals surface area contributed by atoms with Crippen molar-refractivity contribution in [2.24, 2.45) is 5.73 Å². The van der Waals surface area contributed by atoms with Crippen molar-refractivity contribution in [3.63, 3.8) is 0 Å². The molecule has 0 spiro atoms. The second-order valence-corrected chi connectivity index (χ2v) is 5.25. The van der Waals surface area contributed by atoms with E-state index in [1.54, 1.807) is 32.7 Å². The molecule has 1 rings (SSSR count). The van der Waals surface area contributed by atoms with E-state index in [-0.39, 0.29) is 18.6 Å². The Morgan fingerprint density at radius 1 is 1.53 bits per heavy atom. The first-order valence-corrected chi connectivity index (χ1v) is 5.68. The summed E-state index contributed by atoms with van der Waals surface area (Å²) in [5.41, 5.74) is 5.02. The van der Waals surface area contributed by atoms with Crippen molar-refractivity contribution in [1.82, 2.24) is 9.80 Å². The minimum Gasteiger partial charge on any atom is -0.459 e. The van der Waals surface area contributed by atoms with Crippen LogP contribution >= 0.6 is 0 Å². The number of nitrogens with two attached hydrogens (primary N) is 1. The summed E-state index contributed by atoms with van der Waals surface area (Å²) in [7, 11) is 1.69. The Balaban J connectivity index is 2.53. The molecule has 1 heterocycles. The fourth-order valence-corrected chi connectivity index (χ4v) is 1.73. The molecule has 0 bridgehead atoms. The minimum absolute atomic E-state index is 0.0169. The molecule has 0 aliphatic carbocycles. The predicted molar refractivity (Wildman–Crippen MR) is 63.4 cm³/mol. The summed E-state index contributed by atoms with van der Waals surface area (Å²) in [6.07, 6.45) is 0. The summed E-state index contributed by atoms with van der Waals surface area (Å²) in [6, 6.07) is -0.198. The van der Waals surface area contributed by atoms with E-state index in [0.717, 1.165) is 0 Å². The van der Waals surface area contributed by atoms with Gasteiger partial charge in [-0.05, 0) is 20.8 Å². The number of ether oxygens (including phenoxy) is 1. The van der Waals surface area contributed by atoms with Crippen LogP contribution in [-0.4, -0.2) is 60.1 Å². The smallest absolute Gasteiger partial charge is 0.326 e. The van der Waals surface area contributed by atoms with Gasteiger partial charge < -0.3 is 20.3 Å². The highest BCUT2D eigenvalue weighted by atomic mass is 16.6. The van der Waals surface area contributed by atoms with Gasteiger partial charge in [0.15, 0.2) is 0 Å². The normalized spacial score (nSPS) is 21.0. The zero-order valence-electron chi connectivity index (χ0n) is 10.9. The average Bonchev–Trinajstić information content (AvgIpc) is 2.43. The van der Waals surface area contributed by atoms with Crippen molar-refractivity contribution >= 4 is 12.0 Å². The number of carbonyl (C=O) groups excluding carboxylic acids is 2. The average molecular weight is 243 g/mol. The van der Waals surface area contributed by atoms with Gasteiger partial charge in [-0.15, -0.1) is 0 Å². The maximum Gasteiger partial charge on any atom is 0.326 e. The standard InChI is InChI=1S/C11H21N3O3/c1-11(2,3)17-9(15)7-14-6-8(5-12)13(4)10(14)16/h8H,5-7,12H2,1-4H3/t8-/m0/s1. The molecule has 1 fully saturated rings. The van der Waals surface area contributed by atoms with Crippen LogP contribution in [0.4, 0.5) is 4.79 Å². The number of urea groups is 1. The molecule has 0 aromatic rings. The quantitative estimate of drug-likeness (QED) is 0.709. The summed E-state index contributed by atoms with van der Waals surface area (Å²) < 4.78 is 5.17. The third kappa shape index (κ3) is 3.59. The molecule has 0 aromatic carbocycles. The van der Waals surface area contributed by atoms with Gasteiger partial charge in [-0.25, -0.2) is 4.79 Å². The molecule has 2 amide bonds. The van der Waals surface area contributed by atoms with Crippen LogP contribution in [0.15, 0.2) is 0 Å². The number of carbonyl (C=O) groups is 2. The largest absolute Gasteiger partial charge is 0.459 e. The fraction of sp³-hybridized carbons (Fsp3) is 0.818. The van der Waals surface area contributed by atoms with Gasteiger partial charge in [0.2, 0.25) is 0 Å². The van der Waals surface area contributed by atoms with E-state index in [0.29, 0.717) is 13.1 Å². The Kier molecular flexibility index (Phi) is 3.98. The number of hydrogen-bond acceptors (Lipinski definition) is 4. The zero-order chi connectivity index (χ0) is 13.2. The van der Waals surface area contributed by atoms with Gasteiger partial charge in [0.25, 0.3) is 0 Å². The highest BCUT2D eigenvalue weighted by molar-refractivity contribution is 5.82. The van der Waals surface area contributed by atoms with Crippen LogP contribution in [0.2, 0.25) is 0 Å². The molecule has 6 nitrogen and oxygen atoms in total. The molecular formula is C11H21N3O3. The number of esters is 1. The second kappa shape index (κ2) is 4.91.